The maximum Gasteiger partial charge on any atom is 0.148 e. The van der Waals surface area contributed by atoms with Gasteiger partial charge in [0.25, 0.3) is 0 Å². The van der Waals surface area contributed by atoms with Crippen molar-refractivity contribution in [1.82, 2.24) is 0 Å². The highest BCUT2D eigenvalue weighted by Gasteiger charge is 2.40. The van der Waals surface area contributed by atoms with Crippen LogP contribution in [0.3, 0.4) is 0 Å². The van der Waals surface area contributed by atoms with Crippen LogP contribution in [0.15, 0.2) is 72.8 Å². The molecule has 0 aliphatic heterocycles. The topological polar surface area (TPSA) is 37.3 Å². The molecule has 0 aromatic heterocycles. The average molecular weight is 326 g/mol. The molecule has 0 fully saturated rings. The van der Waals surface area contributed by atoms with Crippen molar-refractivity contribution in [2.24, 2.45) is 0 Å². The zero-order valence-electron chi connectivity index (χ0n) is 13.2. The highest BCUT2D eigenvalue weighted by Crippen LogP contribution is 2.52. The van der Waals surface area contributed by atoms with E-state index in [2.05, 4.69) is 12.2 Å². The molecule has 2 aromatic rings. The van der Waals surface area contributed by atoms with Gasteiger partial charge in [0.2, 0.25) is 0 Å². The summed E-state index contributed by atoms with van der Waals surface area (Å²) in [6, 6.07) is 19.4. The van der Waals surface area contributed by atoms with Gasteiger partial charge in [0.1, 0.15) is 7.14 Å². The highest BCUT2D eigenvalue weighted by atomic mass is 31.2. The number of hydrogen-bond acceptors (Lipinski definition) is 2. The Bertz CT molecular complexity index is 651. The molecule has 0 saturated carbocycles. The zero-order valence-corrected chi connectivity index (χ0v) is 14.1. The van der Waals surface area contributed by atoms with E-state index in [1.165, 1.54) is 0 Å². The van der Waals surface area contributed by atoms with E-state index in [-0.39, 0.29) is 5.66 Å². The molecule has 0 bridgehead atoms. The van der Waals surface area contributed by atoms with Crippen LogP contribution in [0.25, 0.3) is 0 Å². The molecule has 0 radical (unpaired) electrons. The molecule has 2 unspecified atom stereocenters. The molecular weight excluding hydrogens is 303 g/mol. The van der Waals surface area contributed by atoms with Crippen LogP contribution < -0.4 is 10.6 Å². The number of allylic oxidation sites excluding steroid dienone is 2. The summed E-state index contributed by atoms with van der Waals surface area (Å²) in [4.78, 5) is 0. The number of aliphatic hydroxyl groups excluding tert-OH is 1. The van der Waals surface area contributed by atoms with E-state index < -0.39 is 13.2 Å². The van der Waals surface area contributed by atoms with E-state index in [1.807, 2.05) is 60.7 Å². The van der Waals surface area contributed by atoms with Gasteiger partial charge in [-0.25, -0.2) is 0 Å². The molecule has 3 rings (SSSR count). The van der Waals surface area contributed by atoms with Crippen LogP contribution in [-0.4, -0.2) is 16.9 Å². The second kappa shape index (κ2) is 7.29. The molecule has 120 valence electrons. The summed E-state index contributed by atoms with van der Waals surface area (Å²) in [5.41, 5.74) is -0.225. The molecule has 0 spiro atoms. The van der Waals surface area contributed by atoms with E-state index in [9.17, 15) is 9.67 Å². The van der Waals surface area contributed by atoms with Gasteiger partial charge in [0.05, 0.1) is 6.10 Å². The lowest BCUT2D eigenvalue weighted by Crippen LogP contribution is -2.35. The maximum absolute atomic E-state index is 14.3. The lowest BCUT2D eigenvalue weighted by Gasteiger charge is -2.32. The van der Waals surface area contributed by atoms with Crippen LogP contribution in [0.5, 0.6) is 0 Å². The van der Waals surface area contributed by atoms with Crippen molar-refractivity contribution in [1.29, 1.82) is 0 Å². The van der Waals surface area contributed by atoms with Gasteiger partial charge in [-0.05, 0) is 25.7 Å². The van der Waals surface area contributed by atoms with Gasteiger partial charge in [0, 0.05) is 16.3 Å². The van der Waals surface area contributed by atoms with E-state index >= 15 is 0 Å². The van der Waals surface area contributed by atoms with Crippen molar-refractivity contribution in [2.75, 3.05) is 0 Å². The quantitative estimate of drug-likeness (QED) is 0.687. The smallest absolute Gasteiger partial charge is 0.148 e. The minimum Gasteiger partial charge on any atom is -0.392 e. The predicted molar refractivity (Wildman–Crippen MR) is 97.2 cm³/mol. The first kappa shape index (κ1) is 16.2. The molecule has 1 aliphatic carbocycles. The molecule has 1 aliphatic rings. The van der Waals surface area contributed by atoms with E-state index in [4.69, 9.17) is 0 Å². The standard InChI is InChI=1S/C20H23O2P/c21-19-15-9-1-2-10-16-20(19)23(22,17-11-5-3-6-12-17)18-13-7-4-8-14-18/h1-8,11-14,19-21H,9-10,15-16H2. The van der Waals surface area contributed by atoms with Crippen molar-refractivity contribution in [3.63, 3.8) is 0 Å². The van der Waals surface area contributed by atoms with Crippen molar-refractivity contribution in [3.05, 3.63) is 72.8 Å². The molecule has 0 amide bonds. The zero-order chi connectivity index (χ0) is 16.1. The number of hydrogen-bond donors (Lipinski definition) is 1. The van der Waals surface area contributed by atoms with E-state index in [0.29, 0.717) is 6.42 Å². The van der Waals surface area contributed by atoms with Crippen LogP contribution >= 0.6 is 7.14 Å². The van der Waals surface area contributed by atoms with Gasteiger partial charge in [-0.1, -0.05) is 72.8 Å². The SMILES string of the molecule is O=P(c1ccccc1)(c1ccccc1)C1CCC=CCCC1O. The van der Waals surface area contributed by atoms with Crippen molar-refractivity contribution in [3.8, 4) is 0 Å². The Morgan fingerprint density at radius 1 is 0.783 bits per heavy atom. The second-order valence-corrected chi connectivity index (χ2v) is 9.10. The van der Waals surface area contributed by atoms with Crippen LogP contribution in [0.4, 0.5) is 0 Å². The fourth-order valence-corrected chi connectivity index (χ4v) is 6.85. The second-order valence-electron chi connectivity index (χ2n) is 6.09. The van der Waals surface area contributed by atoms with Crippen molar-refractivity contribution >= 4 is 17.8 Å². The maximum atomic E-state index is 14.3. The van der Waals surface area contributed by atoms with Crippen LogP contribution in [0, 0.1) is 0 Å². The Morgan fingerprint density at radius 3 is 1.78 bits per heavy atom. The summed E-state index contributed by atoms with van der Waals surface area (Å²) in [7, 11) is -2.89. The first-order valence-corrected chi connectivity index (χ1v) is 10.0. The molecule has 0 heterocycles. The minimum atomic E-state index is -2.89. The first-order valence-electron chi connectivity index (χ1n) is 8.27. The normalized spacial score (nSPS) is 22.3. The monoisotopic (exact) mass is 326 g/mol. The first-order chi connectivity index (χ1) is 11.2. The average Bonchev–Trinajstić information content (AvgIpc) is 2.59. The van der Waals surface area contributed by atoms with Gasteiger partial charge in [0.15, 0.2) is 0 Å². The van der Waals surface area contributed by atoms with Crippen LogP contribution in [0.2, 0.25) is 0 Å². The molecule has 0 saturated heterocycles. The third kappa shape index (κ3) is 3.34. The van der Waals surface area contributed by atoms with Gasteiger partial charge in [-0.3, -0.25) is 0 Å². The van der Waals surface area contributed by atoms with Crippen molar-refractivity contribution in [2.45, 2.75) is 37.4 Å². The van der Waals surface area contributed by atoms with Crippen LogP contribution in [0.1, 0.15) is 25.7 Å². The molecular formula is C20H23O2P. The molecule has 1 N–H and O–H groups in total. The highest BCUT2D eigenvalue weighted by molar-refractivity contribution is 7.79. The van der Waals surface area contributed by atoms with Crippen molar-refractivity contribution < 1.29 is 9.67 Å². The Hall–Kier alpha value is -1.63. The third-order valence-corrected chi connectivity index (χ3v) is 8.28. The number of aliphatic hydroxyl groups is 1. The molecule has 23 heavy (non-hydrogen) atoms. The Labute approximate surface area is 138 Å². The van der Waals surface area contributed by atoms with Crippen LogP contribution in [-0.2, 0) is 4.57 Å². The Morgan fingerprint density at radius 2 is 1.26 bits per heavy atom. The predicted octanol–water partition coefficient (Wildman–Crippen LogP) is 3.86. The lowest BCUT2D eigenvalue weighted by atomic mass is 10.0. The summed E-state index contributed by atoms with van der Waals surface area (Å²) in [6.45, 7) is 0. The van der Waals surface area contributed by atoms with E-state index in [1.54, 1.807) is 0 Å². The molecule has 2 nitrogen and oxygen atoms in total. The summed E-state index contributed by atoms with van der Waals surface area (Å²) in [5.74, 6) is 0. The summed E-state index contributed by atoms with van der Waals surface area (Å²) >= 11 is 0. The largest absolute Gasteiger partial charge is 0.392 e. The summed E-state index contributed by atoms with van der Waals surface area (Å²) < 4.78 is 14.3. The summed E-state index contributed by atoms with van der Waals surface area (Å²) in [6.07, 6.45) is 6.87. The minimum absolute atomic E-state index is 0.225. The molecule has 3 heteroatoms. The van der Waals surface area contributed by atoms with Gasteiger partial charge in [-0.15, -0.1) is 0 Å². The molecule has 2 aromatic carbocycles. The fraction of sp³-hybridized carbons (Fsp3) is 0.300. The summed E-state index contributed by atoms with van der Waals surface area (Å²) in [5, 5.41) is 12.4. The van der Waals surface area contributed by atoms with Gasteiger partial charge >= 0.3 is 0 Å². The third-order valence-electron chi connectivity index (χ3n) is 4.62. The molecule has 2 atom stereocenters. The number of rotatable bonds is 3. The Balaban J connectivity index is 2.12. The Kier molecular flexibility index (Phi) is 5.15. The lowest BCUT2D eigenvalue weighted by molar-refractivity contribution is 0.155. The van der Waals surface area contributed by atoms with Gasteiger partial charge in [-0.2, -0.15) is 0 Å². The van der Waals surface area contributed by atoms with E-state index in [0.717, 1.165) is 29.9 Å². The van der Waals surface area contributed by atoms with Gasteiger partial charge < -0.3 is 9.67 Å². The fourth-order valence-electron chi connectivity index (χ4n) is 3.41. The number of benzene rings is 2.